The molecule has 0 aliphatic carbocycles. The van der Waals surface area contributed by atoms with E-state index in [1.807, 2.05) is 30.3 Å². The molecular weight excluding hydrogens is 315 g/mol. The molecule has 0 amide bonds. The van der Waals surface area contributed by atoms with Gasteiger partial charge in [0.05, 0.1) is 0 Å². The van der Waals surface area contributed by atoms with Gasteiger partial charge in [-0.15, -0.1) is 0 Å². The second-order valence-electron chi connectivity index (χ2n) is 3.05. The number of nitrogens with zero attached hydrogens (tertiary/aromatic N) is 2. The van der Waals surface area contributed by atoms with Crippen molar-refractivity contribution in [2.45, 2.75) is 0 Å². The number of ether oxygens (including phenoxy) is 1. The lowest BCUT2D eigenvalue weighted by atomic mass is 10.3. The molecular formula is C12H7IN2O. The molecule has 3 nitrogen and oxygen atoms in total. The zero-order valence-corrected chi connectivity index (χ0v) is 10.4. The van der Waals surface area contributed by atoms with E-state index in [0.29, 0.717) is 11.4 Å². The van der Waals surface area contributed by atoms with Crippen LogP contribution in [0.25, 0.3) is 0 Å². The standard InChI is InChI=1S/C12H7IN2O/c13-9-2-1-3-11(6-9)16-12-4-5-15-10(7-12)8-14/h1-7H. The predicted molar refractivity (Wildman–Crippen MR) is 68.2 cm³/mol. The van der Waals surface area contributed by atoms with Gasteiger partial charge in [0.25, 0.3) is 0 Å². The fraction of sp³-hybridized carbons (Fsp3) is 0. The average Bonchev–Trinajstić information content (AvgIpc) is 2.29. The van der Waals surface area contributed by atoms with Crippen LogP contribution in [0.5, 0.6) is 11.5 Å². The van der Waals surface area contributed by atoms with Gasteiger partial charge in [0.1, 0.15) is 23.3 Å². The van der Waals surface area contributed by atoms with Crippen LogP contribution in [0.4, 0.5) is 0 Å². The van der Waals surface area contributed by atoms with Crippen LogP contribution in [0.15, 0.2) is 42.6 Å². The first-order valence-corrected chi connectivity index (χ1v) is 5.65. The van der Waals surface area contributed by atoms with Crippen LogP contribution in [-0.2, 0) is 0 Å². The summed E-state index contributed by atoms with van der Waals surface area (Å²) in [7, 11) is 0. The number of pyridine rings is 1. The smallest absolute Gasteiger partial charge is 0.144 e. The highest BCUT2D eigenvalue weighted by atomic mass is 127. The molecule has 16 heavy (non-hydrogen) atoms. The predicted octanol–water partition coefficient (Wildman–Crippen LogP) is 3.35. The van der Waals surface area contributed by atoms with Crippen LogP contribution in [0.1, 0.15) is 5.69 Å². The molecule has 0 N–H and O–H groups in total. The molecule has 4 heteroatoms. The SMILES string of the molecule is N#Cc1cc(Oc2cccc(I)c2)ccn1. The van der Waals surface area contributed by atoms with Crippen LogP contribution >= 0.6 is 22.6 Å². The second-order valence-corrected chi connectivity index (χ2v) is 4.29. The van der Waals surface area contributed by atoms with E-state index in [0.717, 1.165) is 9.32 Å². The van der Waals surface area contributed by atoms with E-state index in [-0.39, 0.29) is 0 Å². The third-order valence-electron chi connectivity index (χ3n) is 1.88. The molecule has 2 aromatic rings. The normalized spacial score (nSPS) is 9.50. The summed E-state index contributed by atoms with van der Waals surface area (Å²) in [4.78, 5) is 3.87. The van der Waals surface area contributed by atoms with E-state index in [2.05, 4.69) is 27.6 Å². The summed E-state index contributed by atoms with van der Waals surface area (Å²) >= 11 is 2.22. The highest BCUT2D eigenvalue weighted by Gasteiger charge is 1.99. The van der Waals surface area contributed by atoms with Gasteiger partial charge >= 0.3 is 0 Å². The molecule has 1 aromatic heterocycles. The molecule has 0 atom stereocenters. The Morgan fingerprint density at radius 1 is 1.19 bits per heavy atom. The summed E-state index contributed by atoms with van der Waals surface area (Å²) in [5.74, 6) is 1.37. The second kappa shape index (κ2) is 4.94. The molecule has 0 saturated heterocycles. The van der Waals surface area contributed by atoms with Crippen molar-refractivity contribution >= 4 is 22.6 Å². The Bertz CT molecular complexity index is 549. The van der Waals surface area contributed by atoms with Gasteiger partial charge in [-0.25, -0.2) is 4.98 Å². The van der Waals surface area contributed by atoms with Crippen LogP contribution < -0.4 is 4.74 Å². The topological polar surface area (TPSA) is 45.9 Å². The first-order valence-electron chi connectivity index (χ1n) is 4.57. The molecule has 0 aliphatic heterocycles. The number of halogens is 1. The molecule has 0 unspecified atom stereocenters. The number of hydrogen-bond acceptors (Lipinski definition) is 3. The van der Waals surface area contributed by atoms with Gasteiger partial charge < -0.3 is 4.74 Å². The molecule has 1 aromatic carbocycles. The molecule has 0 saturated carbocycles. The Morgan fingerprint density at radius 2 is 2.00 bits per heavy atom. The first-order chi connectivity index (χ1) is 7.78. The summed E-state index contributed by atoms with van der Waals surface area (Å²) in [6, 6.07) is 13.0. The number of nitriles is 1. The van der Waals surface area contributed by atoms with E-state index in [4.69, 9.17) is 10.00 Å². The van der Waals surface area contributed by atoms with E-state index < -0.39 is 0 Å². The fourth-order valence-electron chi connectivity index (χ4n) is 1.20. The van der Waals surface area contributed by atoms with Gasteiger partial charge in [-0.2, -0.15) is 5.26 Å². The maximum Gasteiger partial charge on any atom is 0.144 e. The van der Waals surface area contributed by atoms with E-state index in [1.165, 1.54) is 0 Å². The fourth-order valence-corrected chi connectivity index (χ4v) is 1.72. The van der Waals surface area contributed by atoms with Gasteiger partial charge in [-0.1, -0.05) is 6.07 Å². The summed E-state index contributed by atoms with van der Waals surface area (Å²) in [5, 5.41) is 8.70. The lowest BCUT2D eigenvalue weighted by molar-refractivity contribution is 0.481. The molecule has 78 valence electrons. The van der Waals surface area contributed by atoms with Gasteiger partial charge in [-0.05, 0) is 46.9 Å². The average molecular weight is 322 g/mol. The Kier molecular flexibility index (Phi) is 3.37. The van der Waals surface area contributed by atoms with Crippen LogP contribution in [0.3, 0.4) is 0 Å². The van der Waals surface area contributed by atoms with E-state index in [1.54, 1.807) is 18.3 Å². The quantitative estimate of drug-likeness (QED) is 0.797. The van der Waals surface area contributed by atoms with Gasteiger partial charge in [-0.3, -0.25) is 0 Å². The zero-order chi connectivity index (χ0) is 11.4. The Morgan fingerprint density at radius 3 is 2.75 bits per heavy atom. The molecule has 0 spiro atoms. The van der Waals surface area contributed by atoms with Crippen molar-refractivity contribution in [2.75, 3.05) is 0 Å². The monoisotopic (exact) mass is 322 g/mol. The van der Waals surface area contributed by atoms with Gasteiger partial charge in [0.15, 0.2) is 0 Å². The highest BCUT2D eigenvalue weighted by molar-refractivity contribution is 14.1. The molecule has 0 aliphatic rings. The minimum Gasteiger partial charge on any atom is -0.457 e. The van der Waals surface area contributed by atoms with Crippen molar-refractivity contribution in [3.63, 3.8) is 0 Å². The summed E-state index contributed by atoms with van der Waals surface area (Å²) < 4.78 is 6.71. The molecule has 0 radical (unpaired) electrons. The Hall–Kier alpha value is -1.61. The third kappa shape index (κ3) is 2.70. The first kappa shape index (κ1) is 10.9. The van der Waals surface area contributed by atoms with Gasteiger partial charge in [0.2, 0.25) is 0 Å². The lowest BCUT2D eigenvalue weighted by Crippen LogP contribution is -1.87. The third-order valence-corrected chi connectivity index (χ3v) is 2.55. The summed E-state index contributed by atoms with van der Waals surface area (Å²) in [6.07, 6.45) is 1.56. The van der Waals surface area contributed by atoms with E-state index in [9.17, 15) is 0 Å². The largest absolute Gasteiger partial charge is 0.457 e. The Balaban J connectivity index is 2.24. The maximum absolute atomic E-state index is 8.70. The van der Waals surface area contributed by atoms with E-state index >= 15 is 0 Å². The maximum atomic E-state index is 8.70. The summed E-state index contributed by atoms with van der Waals surface area (Å²) in [6.45, 7) is 0. The number of hydrogen-bond donors (Lipinski definition) is 0. The minimum atomic E-state index is 0.350. The lowest BCUT2D eigenvalue weighted by Gasteiger charge is -2.05. The molecule has 0 fully saturated rings. The number of aromatic nitrogens is 1. The van der Waals surface area contributed by atoms with Crippen molar-refractivity contribution in [1.82, 2.24) is 4.98 Å². The molecule has 0 bridgehead atoms. The van der Waals surface area contributed by atoms with Crippen molar-refractivity contribution < 1.29 is 4.74 Å². The highest BCUT2D eigenvalue weighted by Crippen LogP contribution is 2.22. The van der Waals surface area contributed by atoms with Crippen LogP contribution in [0.2, 0.25) is 0 Å². The number of benzene rings is 1. The zero-order valence-electron chi connectivity index (χ0n) is 8.22. The summed E-state index contributed by atoms with van der Waals surface area (Å²) in [5.41, 5.74) is 0.350. The minimum absolute atomic E-state index is 0.350. The number of rotatable bonds is 2. The van der Waals surface area contributed by atoms with Crippen molar-refractivity contribution in [2.24, 2.45) is 0 Å². The Labute approximate surface area is 107 Å². The van der Waals surface area contributed by atoms with Crippen molar-refractivity contribution in [1.29, 1.82) is 5.26 Å². The van der Waals surface area contributed by atoms with Crippen LogP contribution in [-0.4, -0.2) is 4.98 Å². The van der Waals surface area contributed by atoms with Crippen molar-refractivity contribution in [3.05, 3.63) is 51.9 Å². The molecule has 2 rings (SSSR count). The van der Waals surface area contributed by atoms with Gasteiger partial charge in [0, 0.05) is 15.8 Å². The van der Waals surface area contributed by atoms with Crippen molar-refractivity contribution in [3.8, 4) is 17.6 Å². The van der Waals surface area contributed by atoms with Crippen LogP contribution in [0, 0.1) is 14.9 Å². The molecule has 1 heterocycles.